The van der Waals surface area contributed by atoms with Crippen molar-refractivity contribution in [2.24, 2.45) is 0 Å². The van der Waals surface area contributed by atoms with Crippen LogP contribution in [0.5, 0.6) is 0 Å². The molecule has 1 amide bonds. The van der Waals surface area contributed by atoms with Crippen LogP contribution in [0.1, 0.15) is 36.5 Å². The Morgan fingerprint density at radius 1 is 1.29 bits per heavy atom. The van der Waals surface area contributed by atoms with Crippen LogP contribution in [-0.4, -0.2) is 36.7 Å². The monoisotopic (exact) mass is 290 g/mol. The van der Waals surface area contributed by atoms with E-state index in [0.29, 0.717) is 12.6 Å². The van der Waals surface area contributed by atoms with E-state index in [1.54, 1.807) is 4.90 Å². The molecule has 0 atom stereocenters. The molecule has 1 N–H and O–H groups in total. The summed E-state index contributed by atoms with van der Waals surface area (Å²) in [6.07, 6.45) is 1.80. The molecule has 1 aromatic carbocycles. The van der Waals surface area contributed by atoms with Gasteiger partial charge in [-0.25, -0.2) is 4.79 Å². The number of hydrogen-bond donors (Lipinski definition) is 1. The van der Waals surface area contributed by atoms with Gasteiger partial charge in [-0.1, -0.05) is 18.2 Å². The Kier molecular flexibility index (Phi) is 5.62. The van der Waals surface area contributed by atoms with Gasteiger partial charge in [-0.2, -0.15) is 0 Å². The van der Waals surface area contributed by atoms with Crippen molar-refractivity contribution in [2.45, 2.75) is 46.2 Å². The summed E-state index contributed by atoms with van der Waals surface area (Å²) < 4.78 is 5.04. The highest BCUT2D eigenvalue weighted by Crippen LogP contribution is 2.16. The predicted molar refractivity (Wildman–Crippen MR) is 84.4 cm³/mol. The van der Waals surface area contributed by atoms with Crippen LogP contribution in [-0.2, 0) is 11.3 Å². The van der Waals surface area contributed by atoms with Crippen molar-refractivity contribution in [1.82, 2.24) is 10.2 Å². The van der Waals surface area contributed by atoms with Gasteiger partial charge in [0, 0.05) is 25.7 Å². The maximum atomic E-state index is 11.7. The number of nitrogens with zero attached hydrogens (tertiary/aromatic N) is 1. The Morgan fingerprint density at radius 2 is 1.90 bits per heavy atom. The third-order valence-electron chi connectivity index (χ3n) is 4.23. The van der Waals surface area contributed by atoms with E-state index in [2.05, 4.69) is 37.4 Å². The summed E-state index contributed by atoms with van der Waals surface area (Å²) >= 11 is 0. The van der Waals surface area contributed by atoms with Crippen LogP contribution in [0.4, 0.5) is 4.79 Å². The van der Waals surface area contributed by atoms with Crippen LogP contribution in [0.15, 0.2) is 18.2 Å². The van der Waals surface area contributed by atoms with Crippen molar-refractivity contribution in [3.05, 3.63) is 34.9 Å². The normalized spacial score (nSPS) is 16.0. The van der Waals surface area contributed by atoms with Crippen LogP contribution in [0.3, 0.4) is 0 Å². The Hall–Kier alpha value is -1.55. The number of carbonyl (C=O) groups excluding carboxylic acids is 1. The minimum Gasteiger partial charge on any atom is -0.450 e. The fourth-order valence-corrected chi connectivity index (χ4v) is 2.86. The molecule has 0 bridgehead atoms. The van der Waals surface area contributed by atoms with Gasteiger partial charge in [0.25, 0.3) is 0 Å². The third-order valence-corrected chi connectivity index (χ3v) is 4.23. The van der Waals surface area contributed by atoms with E-state index in [9.17, 15) is 4.79 Å². The van der Waals surface area contributed by atoms with Crippen LogP contribution >= 0.6 is 0 Å². The number of aryl methyl sites for hydroxylation is 2. The molecule has 2 rings (SSSR count). The first kappa shape index (κ1) is 15.8. The van der Waals surface area contributed by atoms with Gasteiger partial charge in [-0.15, -0.1) is 0 Å². The zero-order valence-corrected chi connectivity index (χ0v) is 13.3. The largest absolute Gasteiger partial charge is 0.450 e. The first-order valence-corrected chi connectivity index (χ1v) is 7.82. The zero-order valence-electron chi connectivity index (χ0n) is 13.3. The molecule has 1 aliphatic heterocycles. The maximum Gasteiger partial charge on any atom is 0.409 e. The molecule has 4 heteroatoms. The smallest absolute Gasteiger partial charge is 0.409 e. The summed E-state index contributed by atoms with van der Waals surface area (Å²) in [5.41, 5.74) is 4.07. The molecule has 1 aromatic rings. The van der Waals surface area contributed by atoms with Crippen molar-refractivity contribution in [2.75, 3.05) is 19.7 Å². The van der Waals surface area contributed by atoms with Crippen LogP contribution in [0.25, 0.3) is 0 Å². The van der Waals surface area contributed by atoms with Crippen LogP contribution in [0.2, 0.25) is 0 Å². The van der Waals surface area contributed by atoms with Gasteiger partial charge >= 0.3 is 6.09 Å². The standard InChI is InChI=1S/C17H26N2O2/c1-4-21-17(20)19-10-8-15(9-11-19)18-12-16-13(2)6-5-7-14(16)3/h5-7,15,18H,4,8-12H2,1-3H3. The number of likely N-dealkylation sites (tertiary alicyclic amines) is 1. The average Bonchev–Trinajstić information content (AvgIpc) is 2.47. The fraction of sp³-hybridized carbons (Fsp3) is 0.588. The van der Waals surface area contributed by atoms with Gasteiger partial charge in [-0.3, -0.25) is 0 Å². The number of rotatable bonds is 4. The zero-order chi connectivity index (χ0) is 15.2. The second kappa shape index (κ2) is 7.46. The quantitative estimate of drug-likeness (QED) is 0.927. The topological polar surface area (TPSA) is 41.6 Å². The Morgan fingerprint density at radius 3 is 2.48 bits per heavy atom. The molecule has 0 spiro atoms. The molecule has 0 saturated carbocycles. The predicted octanol–water partition coefficient (Wildman–Crippen LogP) is 3.01. The number of carbonyl (C=O) groups is 1. The minimum absolute atomic E-state index is 0.175. The maximum absolute atomic E-state index is 11.7. The molecule has 0 aliphatic carbocycles. The molecule has 0 unspecified atom stereocenters. The van der Waals surface area contributed by atoms with Crippen molar-refractivity contribution in [3.8, 4) is 0 Å². The van der Waals surface area contributed by atoms with Crippen LogP contribution < -0.4 is 5.32 Å². The van der Waals surface area contributed by atoms with E-state index in [0.717, 1.165) is 32.5 Å². The Balaban J connectivity index is 1.80. The van der Waals surface area contributed by atoms with E-state index in [1.165, 1.54) is 16.7 Å². The summed E-state index contributed by atoms with van der Waals surface area (Å²) in [7, 11) is 0. The van der Waals surface area contributed by atoms with Crippen molar-refractivity contribution >= 4 is 6.09 Å². The summed E-state index contributed by atoms with van der Waals surface area (Å²) in [5.74, 6) is 0. The molecule has 0 radical (unpaired) electrons. The summed E-state index contributed by atoms with van der Waals surface area (Å²) in [4.78, 5) is 13.5. The van der Waals surface area contributed by atoms with E-state index >= 15 is 0 Å². The fourth-order valence-electron chi connectivity index (χ4n) is 2.86. The van der Waals surface area contributed by atoms with Gasteiger partial charge in [0.1, 0.15) is 0 Å². The first-order chi connectivity index (χ1) is 10.1. The molecular weight excluding hydrogens is 264 g/mol. The number of benzene rings is 1. The minimum atomic E-state index is -0.175. The summed E-state index contributed by atoms with van der Waals surface area (Å²) in [6, 6.07) is 6.90. The Labute approximate surface area is 127 Å². The van der Waals surface area contributed by atoms with E-state index in [1.807, 2.05) is 6.92 Å². The van der Waals surface area contributed by atoms with Crippen molar-refractivity contribution in [1.29, 1.82) is 0 Å². The van der Waals surface area contributed by atoms with Gasteiger partial charge in [0.2, 0.25) is 0 Å². The molecule has 0 aromatic heterocycles. The van der Waals surface area contributed by atoms with Gasteiger partial charge in [-0.05, 0) is 50.3 Å². The number of nitrogens with one attached hydrogen (secondary N) is 1. The SMILES string of the molecule is CCOC(=O)N1CCC(NCc2c(C)cccc2C)CC1. The van der Waals surface area contributed by atoms with Crippen molar-refractivity contribution < 1.29 is 9.53 Å². The highest BCUT2D eigenvalue weighted by atomic mass is 16.6. The van der Waals surface area contributed by atoms with Crippen molar-refractivity contribution in [3.63, 3.8) is 0 Å². The molecule has 1 fully saturated rings. The number of amides is 1. The number of hydrogen-bond acceptors (Lipinski definition) is 3. The lowest BCUT2D eigenvalue weighted by molar-refractivity contribution is 0.0950. The molecule has 1 aliphatic rings. The molecule has 116 valence electrons. The summed E-state index contributed by atoms with van der Waals surface area (Å²) in [6.45, 7) is 9.08. The van der Waals surface area contributed by atoms with Gasteiger partial charge in [0.05, 0.1) is 6.61 Å². The number of ether oxygens (including phenoxy) is 1. The molecule has 1 heterocycles. The summed E-state index contributed by atoms with van der Waals surface area (Å²) in [5, 5.41) is 3.63. The lowest BCUT2D eigenvalue weighted by Crippen LogP contribution is -2.45. The lowest BCUT2D eigenvalue weighted by atomic mass is 10.0. The highest BCUT2D eigenvalue weighted by molar-refractivity contribution is 5.67. The highest BCUT2D eigenvalue weighted by Gasteiger charge is 2.23. The Bertz CT molecular complexity index is 459. The molecule has 21 heavy (non-hydrogen) atoms. The first-order valence-electron chi connectivity index (χ1n) is 7.82. The second-order valence-corrected chi connectivity index (χ2v) is 5.71. The van der Waals surface area contributed by atoms with E-state index in [-0.39, 0.29) is 6.09 Å². The van der Waals surface area contributed by atoms with Gasteiger partial charge in [0.15, 0.2) is 0 Å². The lowest BCUT2D eigenvalue weighted by Gasteiger charge is -2.32. The molecule has 1 saturated heterocycles. The third kappa shape index (κ3) is 4.21. The van der Waals surface area contributed by atoms with E-state index in [4.69, 9.17) is 4.74 Å². The van der Waals surface area contributed by atoms with Crippen LogP contribution in [0, 0.1) is 13.8 Å². The molecule has 4 nitrogen and oxygen atoms in total. The number of piperidine rings is 1. The van der Waals surface area contributed by atoms with Gasteiger partial charge < -0.3 is 15.0 Å². The molecular formula is C17H26N2O2. The average molecular weight is 290 g/mol. The second-order valence-electron chi connectivity index (χ2n) is 5.71. The van der Waals surface area contributed by atoms with E-state index < -0.39 is 0 Å².